The number of unbranched alkanes of at least 4 members (excludes halogenated alkanes) is 1. The van der Waals surface area contributed by atoms with E-state index >= 15 is 0 Å². The van der Waals surface area contributed by atoms with Crippen molar-refractivity contribution in [1.29, 1.82) is 0 Å². The zero-order chi connectivity index (χ0) is 23.1. The Bertz CT molecular complexity index is 973. The van der Waals surface area contributed by atoms with Gasteiger partial charge in [0.15, 0.2) is 0 Å². The number of rotatable bonds is 10. The zero-order valence-corrected chi connectivity index (χ0v) is 18.1. The highest BCUT2D eigenvalue weighted by Crippen LogP contribution is 2.44. The molecule has 3 rings (SSSR count). The van der Waals surface area contributed by atoms with Crippen molar-refractivity contribution in [1.82, 2.24) is 10.6 Å². The molecule has 0 saturated carbocycles. The number of benzene rings is 2. The molecule has 0 heterocycles. The zero-order valence-electron chi connectivity index (χ0n) is 18.1. The van der Waals surface area contributed by atoms with Gasteiger partial charge >= 0.3 is 12.1 Å². The van der Waals surface area contributed by atoms with Crippen LogP contribution in [-0.4, -0.2) is 41.8 Å². The van der Waals surface area contributed by atoms with Gasteiger partial charge in [-0.1, -0.05) is 54.6 Å². The van der Waals surface area contributed by atoms with Crippen molar-refractivity contribution in [2.45, 2.75) is 37.6 Å². The van der Waals surface area contributed by atoms with Gasteiger partial charge in [0, 0.05) is 5.92 Å². The summed E-state index contributed by atoms with van der Waals surface area (Å²) in [6.45, 7) is 4.82. The minimum Gasteiger partial charge on any atom is -0.480 e. The summed E-state index contributed by atoms with van der Waals surface area (Å²) in [5.41, 5.74) is 3.02. The molecular formula is C25H28N2O5. The maximum Gasteiger partial charge on any atom is 0.407 e. The van der Waals surface area contributed by atoms with Gasteiger partial charge in [0.2, 0.25) is 5.91 Å². The number of nitrogens with one attached hydrogen (secondary N) is 2. The van der Waals surface area contributed by atoms with E-state index in [1.165, 1.54) is 6.92 Å². The van der Waals surface area contributed by atoms with Crippen LogP contribution in [-0.2, 0) is 14.3 Å². The highest BCUT2D eigenvalue weighted by Gasteiger charge is 2.34. The highest BCUT2D eigenvalue weighted by atomic mass is 16.5. The van der Waals surface area contributed by atoms with Crippen molar-refractivity contribution >= 4 is 18.0 Å². The van der Waals surface area contributed by atoms with E-state index in [2.05, 4.69) is 17.2 Å². The molecule has 1 aliphatic rings. The second kappa shape index (κ2) is 10.1. The van der Waals surface area contributed by atoms with Gasteiger partial charge in [-0.25, -0.2) is 9.59 Å². The lowest BCUT2D eigenvalue weighted by atomic mass is 9.94. The Morgan fingerprint density at radius 3 is 2.25 bits per heavy atom. The molecule has 0 aliphatic heterocycles. The molecule has 168 valence electrons. The van der Waals surface area contributed by atoms with Crippen LogP contribution in [0.3, 0.4) is 0 Å². The first-order valence-electron chi connectivity index (χ1n) is 10.6. The Balaban J connectivity index is 1.53. The number of amides is 2. The quantitative estimate of drug-likeness (QED) is 0.388. The van der Waals surface area contributed by atoms with E-state index < -0.39 is 23.5 Å². The second-order valence-corrected chi connectivity index (χ2v) is 8.05. The summed E-state index contributed by atoms with van der Waals surface area (Å²) in [4.78, 5) is 36.0. The third-order valence-electron chi connectivity index (χ3n) is 5.71. The summed E-state index contributed by atoms with van der Waals surface area (Å²) in [7, 11) is 0. The molecule has 0 aromatic heterocycles. The van der Waals surface area contributed by atoms with Gasteiger partial charge in [-0.2, -0.15) is 0 Å². The van der Waals surface area contributed by atoms with E-state index in [0.29, 0.717) is 12.8 Å². The Morgan fingerprint density at radius 2 is 1.69 bits per heavy atom. The smallest absolute Gasteiger partial charge is 0.407 e. The molecule has 0 spiro atoms. The highest BCUT2D eigenvalue weighted by molar-refractivity contribution is 5.89. The van der Waals surface area contributed by atoms with E-state index in [1.54, 1.807) is 6.08 Å². The lowest BCUT2D eigenvalue weighted by molar-refractivity contribution is -0.147. The Labute approximate surface area is 187 Å². The number of carboxylic acid groups (broad SMARTS) is 1. The number of ether oxygens (including phenoxy) is 1. The number of carbonyl (C=O) groups is 3. The standard InChI is InChI=1S/C25H28N2O5/c1-3-4-9-14-25(2,23(29)30)27-22(28)15-26-24(31)32-16-21-19-12-7-5-10-17(19)18-11-6-8-13-20(18)21/h3,5-8,10-13,21H,1,4,9,14-16H2,2H3,(H,26,31)(H,27,28)(H,29,30)/t25-/m0/s1. The average Bonchev–Trinajstić information content (AvgIpc) is 3.10. The van der Waals surface area contributed by atoms with Crippen molar-refractivity contribution in [2.24, 2.45) is 0 Å². The van der Waals surface area contributed by atoms with Crippen LogP contribution in [0.4, 0.5) is 4.79 Å². The van der Waals surface area contributed by atoms with Crippen LogP contribution in [0.2, 0.25) is 0 Å². The third kappa shape index (κ3) is 5.17. The second-order valence-electron chi connectivity index (χ2n) is 8.05. The monoisotopic (exact) mass is 436 g/mol. The van der Waals surface area contributed by atoms with Crippen LogP contribution in [0, 0.1) is 0 Å². The molecule has 3 N–H and O–H groups in total. The molecule has 0 fully saturated rings. The summed E-state index contributed by atoms with van der Waals surface area (Å²) in [6.07, 6.45) is 2.45. The van der Waals surface area contributed by atoms with Crippen LogP contribution < -0.4 is 10.6 Å². The van der Waals surface area contributed by atoms with E-state index in [1.807, 2.05) is 48.5 Å². The molecule has 0 radical (unpaired) electrons. The summed E-state index contributed by atoms with van der Waals surface area (Å²) in [6, 6.07) is 16.0. The van der Waals surface area contributed by atoms with E-state index in [-0.39, 0.29) is 25.5 Å². The largest absolute Gasteiger partial charge is 0.480 e. The number of fused-ring (bicyclic) bond motifs is 3. The van der Waals surface area contributed by atoms with Crippen LogP contribution in [0.5, 0.6) is 0 Å². The predicted molar refractivity (Wildman–Crippen MR) is 121 cm³/mol. The topological polar surface area (TPSA) is 105 Å². The molecule has 1 aliphatic carbocycles. The molecule has 0 saturated heterocycles. The molecule has 7 heteroatoms. The summed E-state index contributed by atoms with van der Waals surface area (Å²) < 4.78 is 5.39. The molecular weight excluding hydrogens is 408 g/mol. The van der Waals surface area contributed by atoms with E-state index in [9.17, 15) is 19.5 Å². The molecule has 32 heavy (non-hydrogen) atoms. The van der Waals surface area contributed by atoms with Gasteiger partial charge in [0.1, 0.15) is 18.7 Å². The van der Waals surface area contributed by atoms with Gasteiger partial charge in [-0.05, 0) is 48.4 Å². The SMILES string of the molecule is C=CCCC[C@](C)(NC(=O)CNC(=O)OCC1c2ccccc2-c2ccccc21)C(=O)O. The number of allylic oxidation sites excluding steroid dienone is 1. The van der Waals surface area contributed by atoms with Crippen molar-refractivity contribution in [3.63, 3.8) is 0 Å². The molecule has 0 bridgehead atoms. The average molecular weight is 437 g/mol. The maximum atomic E-state index is 12.2. The first-order valence-corrected chi connectivity index (χ1v) is 10.6. The fourth-order valence-electron chi connectivity index (χ4n) is 3.98. The van der Waals surface area contributed by atoms with Crippen LogP contribution in [0.1, 0.15) is 43.2 Å². The molecule has 2 amide bonds. The minimum absolute atomic E-state index is 0.0814. The first-order chi connectivity index (χ1) is 15.4. The lowest BCUT2D eigenvalue weighted by Crippen LogP contribution is -2.54. The predicted octanol–water partition coefficient (Wildman–Crippen LogP) is 3.84. The molecule has 2 aromatic rings. The van der Waals surface area contributed by atoms with E-state index in [0.717, 1.165) is 22.3 Å². The third-order valence-corrected chi connectivity index (χ3v) is 5.71. The van der Waals surface area contributed by atoms with Crippen molar-refractivity contribution in [2.75, 3.05) is 13.2 Å². The number of alkyl carbamates (subject to hydrolysis) is 1. The van der Waals surface area contributed by atoms with Gasteiger partial charge < -0.3 is 20.5 Å². The number of carboxylic acids is 1. The number of carbonyl (C=O) groups excluding carboxylic acids is 2. The van der Waals surface area contributed by atoms with Gasteiger partial charge in [-0.15, -0.1) is 6.58 Å². The van der Waals surface area contributed by atoms with Crippen molar-refractivity contribution in [3.8, 4) is 11.1 Å². The van der Waals surface area contributed by atoms with Crippen LogP contribution >= 0.6 is 0 Å². The van der Waals surface area contributed by atoms with E-state index in [4.69, 9.17) is 4.74 Å². The number of hydrogen-bond acceptors (Lipinski definition) is 4. The van der Waals surface area contributed by atoms with Crippen LogP contribution in [0.15, 0.2) is 61.2 Å². The molecule has 7 nitrogen and oxygen atoms in total. The molecule has 2 aromatic carbocycles. The Hall–Kier alpha value is -3.61. The summed E-state index contributed by atoms with van der Waals surface area (Å²) in [5.74, 6) is -1.81. The van der Waals surface area contributed by atoms with Crippen molar-refractivity contribution < 1.29 is 24.2 Å². The van der Waals surface area contributed by atoms with Gasteiger partial charge in [0.05, 0.1) is 0 Å². The number of hydrogen-bond donors (Lipinski definition) is 3. The minimum atomic E-state index is -1.41. The fraction of sp³-hybridized carbons (Fsp3) is 0.320. The molecule has 0 unspecified atom stereocenters. The Kier molecular flexibility index (Phi) is 7.30. The lowest BCUT2D eigenvalue weighted by Gasteiger charge is -2.26. The van der Waals surface area contributed by atoms with Gasteiger partial charge in [-0.3, -0.25) is 4.79 Å². The fourth-order valence-corrected chi connectivity index (χ4v) is 3.98. The summed E-state index contributed by atoms with van der Waals surface area (Å²) in [5, 5.41) is 14.4. The molecule has 1 atom stereocenters. The normalized spacial score (nSPS) is 13.9. The maximum absolute atomic E-state index is 12.2. The van der Waals surface area contributed by atoms with Crippen molar-refractivity contribution in [3.05, 3.63) is 72.3 Å². The Morgan fingerprint density at radius 1 is 1.09 bits per heavy atom. The van der Waals surface area contributed by atoms with Crippen LogP contribution in [0.25, 0.3) is 11.1 Å². The summed E-state index contributed by atoms with van der Waals surface area (Å²) >= 11 is 0. The first kappa shape index (κ1) is 23.1. The number of aliphatic carboxylic acids is 1. The van der Waals surface area contributed by atoms with Gasteiger partial charge in [0.25, 0.3) is 0 Å².